The molecule has 2 aliphatic rings. The number of urea groups is 1. The van der Waals surface area contributed by atoms with E-state index in [1.54, 1.807) is 0 Å². The van der Waals surface area contributed by atoms with Crippen molar-refractivity contribution in [2.75, 3.05) is 6.54 Å². The van der Waals surface area contributed by atoms with Crippen LogP contribution < -0.4 is 5.32 Å². The third-order valence-electron chi connectivity index (χ3n) is 6.73. The Balaban J connectivity index is 1.66. The van der Waals surface area contributed by atoms with Gasteiger partial charge in [-0.2, -0.15) is 0 Å². The number of Topliss-reactive ketones (excluding diaryl/α,β-unsaturated/α-hetero) is 1. The Bertz CT molecular complexity index is 1060. The van der Waals surface area contributed by atoms with Gasteiger partial charge in [-0.1, -0.05) is 24.3 Å². The average molecular weight is 390 g/mol. The summed E-state index contributed by atoms with van der Waals surface area (Å²) >= 11 is 0. The van der Waals surface area contributed by atoms with Crippen molar-refractivity contribution in [3.63, 3.8) is 0 Å². The summed E-state index contributed by atoms with van der Waals surface area (Å²) in [5.41, 5.74) is 5.65. The van der Waals surface area contributed by atoms with Gasteiger partial charge >= 0.3 is 6.03 Å². The number of benzene rings is 2. The van der Waals surface area contributed by atoms with Gasteiger partial charge in [0.15, 0.2) is 5.78 Å². The molecule has 1 aliphatic heterocycles. The highest BCUT2D eigenvalue weighted by molar-refractivity contribution is 6.12. The SMILES string of the molecule is Cc1cc(C(=O)CN2C(=O)NC3(CCCc4ccccc43)C2=O)c(C)c(C)c1C. The Hall–Kier alpha value is -2.95. The van der Waals surface area contributed by atoms with Crippen molar-refractivity contribution in [1.82, 2.24) is 10.2 Å². The van der Waals surface area contributed by atoms with Crippen LogP contribution in [0.1, 0.15) is 56.6 Å². The third-order valence-corrected chi connectivity index (χ3v) is 6.73. The standard InChI is InChI=1S/C24H26N2O3/c1-14-12-19(17(4)16(3)15(14)2)21(27)13-26-22(28)24(25-23(26)29)11-7-9-18-8-5-6-10-20(18)24/h5-6,8,10,12H,7,9,11,13H2,1-4H3,(H,25,29). The Morgan fingerprint density at radius 2 is 1.79 bits per heavy atom. The highest BCUT2D eigenvalue weighted by Crippen LogP contribution is 2.40. The van der Waals surface area contributed by atoms with Gasteiger partial charge in [-0.25, -0.2) is 4.79 Å². The van der Waals surface area contributed by atoms with E-state index < -0.39 is 11.6 Å². The lowest BCUT2D eigenvalue weighted by atomic mass is 9.76. The smallest absolute Gasteiger partial charge is 0.319 e. The first-order valence-corrected chi connectivity index (χ1v) is 10.1. The molecule has 1 spiro atoms. The first kappa shape index (κ1) is 19.4. The highest BCUT2D eigenvalue weighted by atomic mass is 16.2. The van der Waals surface area contributed by atoms with Gasteiger partial charge in [0.25, 0.3) is 5.91 Å². The molecule has 0 saturated carbocycles. The lowest BCUT2D eigenvalue weighted by Gasteiger charge is -2.33. The average Bonchev–Trinajstić information content (AvgIpc) is 2.94. The number of hydrogen-bond acceptors (Lipinski definition) is 3. The van der Waals surface area contributed by atoms with E-state index >= 15 is 0 Å². The molecular weight excluding hydrogens is 364 g/mol. The van der Waals surface area contributed by atoms with Crippen molar-refractivity contribution in [2.45, 2.75) is 52.5 Å². The number of imide groups is 1. The molecule has 0 radical (unpaired) electrons. The zero-order chi connectivity index (χ0) is 20.9. The van der Waals surface area contributed by atoms with Crippen LogP contribution >= 0.6 is 0 Å². The van der Waals surface area contributed by atoms with Gasteiger partial charge in [-0.05, 0) is 86.4 Å². The summed E-state index contributed by atoms with van der Waals surface area (Å²) < 4.78 is 0. The largest absolute Gasteiger partial charge is 0.325 e. The molecule has 5 heteroatoms. The van der Waals surface area contributed by atoms with Crippen molar-refractivity contribution < 1.29 is 14.4 Å². The van der Waals surface area contributed by atoms with Gasteiger partial charge in [0.1, 0.15) is 5.54 Å². The summed E-state index contributed by atoms with van der Waals surface area (Å²) in [6.07, 6.45) is 2.27. The van der Waals surface area contributed by atoms with E-state index in [2.05, 4.69) is 5.32 Å². The summed E-state index contributed by atoms with van der Waals surface area (Å²) in [6, 6.07) is 9.13. The number of fused-ring (bicyclic) bond motifs is 2. The van der Waals surface area contributed by atoms with Crippen LogP contribution in [0.2, 0.25) is 0 Å². The number of nitrogens with zero attached hydrogens (tertiary/aromatic N) is 1. The molecule has 2 aromatic rings. The van der Waals surface area contributed by atoms with Crippen molar-refractivity contribution >= 4 is 17.7 Å². The molecular formula is C24H26N2O3. The van der Waals surface area contributed by atoms with E-state index in [1.807, 2.05) is 58.0 Å². The van der Waals surface area contributed by atoms with E-state index in [0.29, 0.717) is 12.0 Å². The van der Waals surface area contributed by atoms with Gasteiger partial charge < -0.3 is 5.32 Å². The van der Waals surface area contributed by atoms with Crippen LogP contribution in [0.15, 0.2) is 30.3 Å². The predicted octanol–water partition coefficient (Wildman–Crippen LogP) is 3.89. The molecule has 1 atom stereocenters. The lowest BCUT2D eigenvalue weighted by Crippen LogP contribution is -2.46. The van der Waals surface area contributed by atoms with E-state index in [4.69, 9.17) is 0 Å². The Morgan fingerprint density at radius 1 is 1.07 bits per heavy atom. The quantitative estimate of drug-likeness (QED) is 0.639. The fraction of sp³-hybridized carbons (Fsp3) is 0.375. The van der Waals surface area contributed by atoms with Gasteiger partial charge in [0.2, 0.25) is 0 Å². The minimum absolute atomic E-state index is 0.210. The molecule has 4 rings (SSSR count). The maximum Gasteiger partial charge on any atom is 0.325 e. The molecule has 29 heavy (non-hydrogen) atoms. The van der Waals surface area contributed by atoms with Crippen LogP contribution in [0.5, 0.6) is 0 Å². The second kappa shape index (κ2) is 6.83. The van der Waals surface area contributed by atoms with Gasteiger partial charge in [0.05, 0.1) is 6.54 Å². The summed E-state index contributed by atoms with van der Waals surface area (Å²) in [6.45, 7) is 7.68. The number of aryl methyl sites for hydroxylation is 2. The number of rotatable bonds is 3. The van der Waals surface area contributed by atoms with Gasteiger partial charge in [-0.15, -0.1) is 0 Å². The second-order valence-electron chi connectivity index (χ2n) is 8.28. The molecule has 2 aromatic carbocycles. The molecule has 1 fully saturated rings. The normalized spacial score (nSPS) is 20.8. The maximum atomic E-state index is 13.4. The van der Waals surface area contributed by atoms with Crippen LogP contribution in [-0.2, 0) is 16.8 Å². The predicted molar refractivity (Wildman–Crippen MR) is 111 cm³/mol. The lowest BCUT2D eigenvalue weighted by molar-refractivity contribution is -0.131. The Labute approximate surface area is 171 Å². The molecule has 5 nitrogen and oxygen atoms in total. The van der Waals surface area contributed by atoms with Crippen LogP contribution in [0.4, 0.5) is 4.79 Å². The highest BCUT2D eigenvalue weighted by Gasteiger charge is 2.54. The first-order chi connectivity index (χ1) is 13.8. The van der Waals surface area contributed by atoms with Crippen LogP contribution in [0.25, 0.3) is 0 Å². The van der Waals surface area contributed by atoms with E-state index in [0.717, 1.165) is 51.1 Å². The number of carbonyl (C=O) groups is 3. The van der Waals surface area contributed by atoms with Crippen molar-refractivity contribution in [2.24, 2.45) is 0 Å². The number of ketones is 1. The van der Waals surface area contributed by atoms with E-state index in [-0.39, 0.29) is 18.2 Å². The zero-order valence-corrected chi connectivity index (χ0v) is 17.4. The minimum atomic E-state index is -1.04. The van der Waals surface area contributed by atoms with Gasteiger partial charge in [-0.3, -0.25) is 14.5 Å². The fourth-order valence-corrected chi connectivity index (χ4v) is 4.69. The molecule has 1 unspecified atom stereocenters. The Kier molecular flexibility index (Phi) is 4.56. The monoisotopic (exact) mass is 390 g/mol. The zero-order valence-electron chi connectivity index (χ0n) is 17.4. The van der Waals surface area contributed by atoms with Crippen molar-refractivity contribution in [1.29, 1.82) is 0 Å². The number of nitrogens with one attached hydrogen (secondary N) is 1. The summed E-state index contributed by atoms with van der Waals surface area (Å²) in [4.78, 5) is 40.3. The van der Waals surface area contributed by atoms with Crippen LogP contribution in [0.3, 0.4) is 0 Å². The van der Waals surface area contributed by atoms with Crippen LogP contribution in [0, 0.1) is 27.7 Å². The number of carbonyl (C=O) groups excluding carboxylic acids is 3. The first-order valence-electron chi connectivity index (χ1n) is 10.1. The second-order valence-corrected chi connectivity index (χ2v) is 8.28. The summed E-state index contributed by atoms with van der Waals surface area (Å²) in [5.74, 6) is -0.528. The molecule has 3 amide bonds. The Morgan fingerprint density at radius 3 is 2.55 bits per heavy atom. The van der Waals surface area contributed by atoms with Gasteiger partial charge in [0, 0.05) is 5.56 Å². The number of hydrogen-bond donors (Lipinski definition) is 1. The fourth-order valence-electron chi connectivity index (χ4n) is 4.69. The maximum absolute atomic E-state index is 13.4. The molecule has 1 saturated heterocycles. The summed E-state index contributed by atoms with van der Waals surface area (Å²) in [7, 11) is 0. The van der Waals surface area contributed by atoms with Crippen molar-refractivity contribution in [3.05, 3.63) is 69.3 Å². The van der Waals surface area contributed by atoms with Crippen LogP contribution in [-0.4, -0.2) is 29.2 Å². The molecule has 1 heterocycles. The van der Waals surface area contributed by atoms with E-state index in [9.17, 15) is 14.4 Å². The van der Waals surface area contributed by atoms with Crippen molar-refractivity contribution in [3.8, 4) is 0 Å². The van der Waals surface area contributed by atoms with E-state index in [1.165, 1.54) is 0 Å². The summed E-state index contributed by atoms with van der Waals surface area (Å²) in [5, 5.41) is 2.91. The molecule has 0 bridgehead atoms. The molecule has 1 N–H and O–H groups in total. The third kappa shape index (κ3) is 2.87. The molecule has 1 aliphatic carbocycles. The topological polar surface area (TPSA) is 66.5 Å². The number of amides is 3. The molecule has 150 valence electrons. The minimum Gasteiger partial charge on any atom is -0.319 e. The molecule has 0 aromatic heterocycles.